The molecule has 0 spiro atoms. The maximum absolute atomic E-state index is 11.5. The number of hydrogen-bond donors (Lipinski definition) is 4. The van der Waals surface area contributed by atoms with Crippen molar-refractivity contribution in [3.05, 3.63) is 36.4 Å². The van der Waals surface area contributed by atoms with Crippen molar-refractivity contribution in [2.45, 2.75) is 9.79 Å². The number of anilines is 4. The van der Waals surface area contributed by atoms with Crippen molar-refractivity contribution in [2.24, 2.45) is 5.84 Å². The molecule has 0 bridgehead atoms. The van der Waals surface area contributed by atoms with Crippen LogP contribution in [-0.2, 0) is 4.79 Å². The van der Waals surface area contributed by atoms with Crippen LogP contribution in [0.2, 0.25) is 0 Å². The minimum absolute atomic E-state index is 0.871. The minimum atomic E-state index is 0.871. The number of hydrazine groups is 1. The lowest BCUT2D eigenvalue weighted by atomic mass is 10.2. The molecule has 122 valence electrons. The Morgan fingerprint density at radius 3 is 1.74 bits per heavy atom. The van der Waals surface area contributed by atoms with Crippen LogP contribution in [0.15, 0.2) is 46.2 Å². The first-order valence-electron chi connectivity index (χ1n) is 7.11. The summed E-state index contributed by atoms with van der Waals surface area (Å²) in [6, 6.07) is 12.0. The molecule has 0 unspecified atom stereocenters. The number of nitrogens with two attached hydrogens (primary N) is 1. The highest BCUT2D eigenvalue weighted by molar-refractivity contribution is 7.99. The topological polar surface area (TPSA) is 82.4 Å². The summed E-state index contributed by atoms with van der Waals surface area (Å²) < 4.78 is 0. The van der Waals surface area contributed by atoms with Crippen molar-refractivity contribution in [2.75, 3.05) is 36.7 Å². The molecule has 1 heterocycles. The van der Waals surface area contributed by atoms with E-state index in [2.05, 4.69) is 34.0 Å². The van der Waals surface area contributed by atoms with Gasteiger partial charge in [-0.15, -0.1) is 0 Å². The number of carbonyl (C=O) groups is 1. The van der Waals surface area contributed by atoms with Gasteiger partial charge in [0.25, 0.3) is 0 Å². The minimum Gasteiger partial charge on any atom is -0.388 e. The van der Waals surface area contributed by atoms with Gasteiger partial charge in [0, 0.05) is 35.3 Å². The number of nitrogens with zero attached hydrogens (tertiary/aromatic N) is 1. The SMILES string of the molecule is CNN.CNc1ccc2c(c1)Sc1cc(NC)ccc1N2C=O. The van der Waals surface area contributed by atoms with Crippen molar-refractivity contribution in [3.63, 3.8) is 0 Å². The predicted molar refractivity (Wildman–Crippen MR) is 97.6 cm³/mol. The number of rotatable bonds is 3. The maximum atomic E-state index is 11.5. The molecule has 0 radical (unpaired) electrons. The quantitative estimate of drug-likeness (QED) is 0.393. The lowest BCUT2D eigenvalue weighted by molar-refractivity contribution is -0.106. The average molecular weight is 331 g/mol. The van der Waals surface area contributed by atoms with Crippen molar-refractivity contribution in [3.8, 4) is 0 Å². The van der Waals surface area contributed by atoms with Crippen LogP contribution in [0.25, 0.3) is 0 Å². The molecule has 2 aromatic carbocycles. The second-order valence-electron chi connectivity index (χ2n) is 4.73. The van der Waals surface area contributed by atoms with Crippen LogP contribution >= 0.6 is 11.8 Å². The Morgan fingerprint density at radius 2 is 1.39 bits per heavy atom. The predicted octanol–water partition coefficient (Wildman–Crippen LogP) is 2.61. The maximum Gasteiger partial charge on any atom is 0.218 e. The molecule has 0 fully saturated rings. The zero-order chi connectivity index (χ0) is 16.8. The summed E-state index contributed by atoms with van der Waals surface area (Å²) in [7, 11) is 5.43. The molecule has 3 rings (SSSR count). The zero-order valence-corrected chi connectivity index (χ0v) is 14.2. The van der Waals surface area contributed by atoms with Gasteiger partial charge in [-0.1, -0.05) is 11.8 Å². The Labute approximate surface area is 140 Å². The van der Waals surface area contributed by atoms with E-state index < -0.39 is 0 Å². The molecule has 0 atom stereocenters. The number of amides is 1. The van der Waals surface area contributed by atoms with Crippen LogP contribution in [0.1, 0.15) is 0 Å². The van der Waals surface area contributed by atoms with Crippen molar-refractivity contribution in [1.29, 1.82) is 0 Å². The fourth-order valence-electron chi connectivity index (χ4n) is 2.26. The fraction of sp³-hybridized carbons (Fsp3) is 0.188. The molecule has 0 saturated heterocycles. The molecule has 1 aliphatic rings. The normalized spacial score (nSPS) is 11.6. The van der Waals surface area contributed by atoms with Crippen molar-refractivity contribution >= 4 is 40.9 Å². The second-order valence-corrected chi connectivity index (χ2v) is 5.81. The van der Waals surface area contributed by atoms with Crippen LogP contribution in [0.5, 0.6) is 0 Å². The van der Waals surface area contributed by atoms with Gasteiger partial charge in [0.05, 0.1) is 11.4 Å². The monoisotopic (exact) mass is 331 g/mol. The van der Waals surface area contributed by atoms with Gasteiger partial charge in [0.2, 0.25) is 6.41 Å². The Morgan fingerprint density at radius 1 is 0.957 bits per heavy atom. The van der Waals surface area contributed by atoms with Gasteiger partial charge in [-0.05, 0) is 43.4 Å². The third kappa shape index (κ3) is 3.58. The summed E-state index contributed by atoms with van der Waals surface area (Å²) in [6.45, 7) is 0. The van der Waals surface area contributed by atoms with E-state index in [1.54, 1.807) is 23.7 Å². The Kier molecular flexibility index (Phi) is 5.86. The van der Waals surface area contributed by atoms with Gasteiger partial charge < -0.3 is 10.6 Å². The number of benzene rings is 2. The Balaban J connectivity index is 0.000000595. The first kappa shape index (κ1) is 17.1. The molecule has 1 amide bonds. The van der Waals surface area contributed by atoms with Crippen molar-refractivity contribution < 1.29 is 4.79 Å². The highest BCUT2D eigenvalue weighted by atomic mass is 32.2. The van der Waals surface area contributed by atoms with Gasteiger partial charge in [-0.2, -0.15) is 0 Å². The summed E-state index contributed by atoms with van der Waals surface area (Å²) >= 11 is 1.68. The van der Waals surface area contributed by atoms with Crippen LogP contribution in [0.4, 0.5) is 22.7 Å². The van der Waals surface area contributed by atoms with Crippen LogP contribution in [0, 0.1) is 0 Å². The molecule has 6 nitrogen and oxygen atoms in total. The van der Waals surface area contributed by atoms with E-state index in [0.29, 0.717) is 0 Å². The lowest BCUT2D eigenvalue weighted by Gasteiger charge is -2.28. The smallest absolute Gasteiger partial charge is 0.218 e. The van der Waals surface area contributed by atoms with Crippen LogP contribution < -0.4 is 26.8 Å². The van der Waals surface area contributed by atoms with E-state index in [9.17, 15) is 4.79 Å². The molecule has 23 heavy (non-hydrogen) atoms. The Bertz CT molecular complexity index is 639. The molecule has 2 aromatic rings. The van der Waals surface area contributed by atoms with E-state index in [0.717, 1.165) is 39.0 Å². The second kappa shape index (κ2) is 7.87. The standard InChI is InChI=1S/C15H15N3OS.CH6N2/c1-16-10-3-5-12-14(7-10)20-15-8-11(17-2)4-6-13(15)18(12)9-19;1-3-2/h3-9,16-17H,1-2H3;3H,2H2,1H3. The molecular formula is C16H21N5OS. The highest BCUT2D eigenvalue weighted by Gasteiger charge is 2.23. The van der Waals surface area contributed by atoms with E-state index in [1.165, 1.54) is 0 Å². The van der Waals surface area contributed by atoms with E-state index in [-0.39, 0.29) is 0 Å². The average Bonchev–Trinajstić information content (AvgIpc) is 2.59. The van der Waals surface area contributed by atoms with E-state index in [1.807, 2.05) is 38.4 Å². The Hall–Kier alpha value is -2.22. The summed E-state index contributed by atoms with van der Waals surface area (Å²) in [4.78, 5) is 15.3. The lowest BCUT2D eigenvalue weighted by Crippen LogP contribution is -2.18. The molecule has 1 aliphatic heterocycles. The number of fused-ring (bicyclic) bond motifs is 2. The van der Waals surface area contributed by atoms with Gasteiger partial charge in [0.1, 0.15) is 0 Å². The van der Waals surface area contributed by atoms with Gasteiger partial charge >= 0.3 is 0 Å². The molecule has 0 aliphatic carbocycles. The first-order valence-corrected chi connectivity index (χ1v) is 7.93. The van der Waals surface area contributed by atoms with E-state index in [4.69, 9.17) is 0 Å². The summed E-state index contributed by atoms with van der Waals surface area (Å²) in [6.07, 6.45) is 0.871. The zero-order valence-electron chi connectivity index (χ0n) is 13.4. The molecule has 5 N–H and O–H groups in total. The summed E-state index contributed by atoms with van der Waals surface area (Å²) in [5.41, 5.74) is 6.17. The molecule has 7 heteroatoms. The van der Waals surface area contributed by atoms with Gasteiger partial charge in [-0.25, -0.2) is 0 Å². The third-order valence-electron chi connectivity index (χ3n) is 3.34. The largest absolute Gasteiger partial charge is 0.388 e. The van der Waals surface area contributed by atoms with Crippen molar-refractivity contribution in [1.82, 2.24) is 5.43 Å². The fourth-order valence-corrected chi connectivity index (χ4v) is 3.41. The number of nitrogens with one attached hydrogen (secondary N) is 3. The van der Waals surface area contributed by atoms with E-state index >= 15 is 0 Å². The number of carbonyl (C=O) groups excluding carboxylic acids is 1. The third-order valence-corrected chi connectivity index (χ3v) is 4.44. The summed E-state index contributed by atoms with van der Waals surface area (Å²) in [5, 5.41) is 6.25. The van der Waals surface area contributed by atoms with Crippen LogP contribution in [-0.4, -0.2) is 27.6 Å². The van der Waals surface area contributed by atoms with Gasteiger partial charge in [0.15, 0.2) is 0 Å². The molecule has 0 aromatic heterocycles. The van der Waals surface area contributed by atoms with Gasteiger partial charge in [-0.3, -0.25) is 21.0 Å². The number of hydrogen-bond acceptors (Lipinski definition) is 6. The molecule has 0 saturated carbocycles. The first-order chi connectivity index (χ1) is 11.2. The highest BCUT2D eigenvalue weighted by Crippen LogP contribution is 2.48. The molecular weight excluding hydrogens is 310 g/mol. The van der Waals surface area contributed by atoms with Crippen LogP contribution in [0.3, 0.4) is 0 Å². The summed E-state index contributed by atoms with van der Waals surface area (Å²) in [5.74, 6) is 4.60.